The molecule has 0 N–H and O–H groups in total. The van der Waals surface area contributed by atoms with Gasteiger partial charge in [0, 0.05) is 22.1 Å². The lowest BCUT2D eigenvalue weighted by Crippen LogP contribution is -1.83. The molecule has 4 heteroatoms. The Hall–Kier alpha value is -2.85. The van der Waals surface area contributed by atoms with Gasteiger partial charge in [0.15, 0.2) is 0 Å². The van der Waals surface area contributed by atoms with Crippen LogP contribution in [0.5, 0.6) is 5.75 Å². The van der Waals surface area contributed by atoms with Crippen molar-refractivity contribution >= 4 is 11.3 Å². The molecule has 2 aromatic carbocycles. The van der Waals surface area contributed by atoms with Crippen molar-refractivity contribution in [3.63, 3.8) is 0 Å². The zero-order valence-electron chi connectivity index (χ0n) is 13.1. The lowest BCUT2D eigenvalue weighted by molar-refractivity contribution is 0.415. The third-order valence-corrected chi connectivity index (χ3v) is 4.70. The molecule has 0 aliphatic carbocycles. The number of hydrogen-bond donors (Lipinski definition) is 0. The molecular formula is C20H15NO2S. The zero-order valence-corrected chi connectivity index (χ0v) is 13.9. The van der Waals surface area contributed by atoms with Gasteiger partial charge in [-0.15, -0.1) is 11.3 Å². The number of hydrogen-bond acceptors (Lipinski definition) is 4. The van der Waals surface area contributed by atoms with Gasteiger partial charge in [0.2, 0.25) is 0 Å². The van der Waals surface area contributed by atoms with E-state index >= 15 is 0 Å². The van der Waals surface area contributed by atoms with E-state index in [-0.39, 0.29) is 0 Å². The zero-order chi connectivity index (χ0) is 16.4. The van der Waals surface area contributed by atoms with Crippen LogP contribution in [0.4, 0.5) is 0 Å². The van der Waals surface area contributed by atoms with Crippen LogP contribution in [0.1, 0.15) is 0 Å². The van der Waals surface area contributed by atoms with Gasteiger partial charge < -0.3 is 9.15 Å². The monoisotopic (exact) mass is 333 g/mol. The summed E-state index contributed by atoms with van der Waals surface area (Å²) in [5.41, 5.74) is 4.20. The largest absolute Gasteiger partial charge is 0.497 e. The average Bonchev–Trinajstić information content (AvgIpc) is 3.34. The molecule has 0 radical (unpaired) electrons. The minimum Gasteiger partial charge on any atom is -0.497 e. The molecular weight excluding hydrogens is 318 g/mol. The van der Waals surface area contributed by atoms with Crippen molar-refractivity contribution in [2.24, 2.45) is 0 Å². The molecule has 0 saturated carbocycles. The third-order valence-electron chi connectivity index (χ3n) is 3.81. The minimum atomic E-state index is 0.848. The van der Waals surface area contributed by atoms with Crippen molar-refractivity contribution in [2.75, 3.05) is 7.11 Å². The fourth-order valence-corrected chi connectivity index (χ4v) is 3.38. The van der Waals surface area contributed by atoms with E-state index in [1.54, 1.807) is 24.7 Å². The lowest BCUT2D eigenvalue weighted by atomic mass is 10.1. The van der Waals surface area contributed by atoms with E-state index in [0.717, 1.165) is 38.9 Å². The first-order valence-corrected chi connectivity index (χ1v) is 8.46. The van der Waals surface area contributed by atoms with Gasteiger partial charge >= 0.3 is 0 Å². The van der Waals surface area contributed by atoms with E-state index in [0.29, 0.717) is 0 Å². The van der Waals surface area contributed by atoms with Crippen LogP contribution in [0, 0.1) is 0 Å². The van der Waals surface area contributed by atoms with Crippen LogP contribution in [0.2, 0.25) is 0 Å². The van der Waals surface area contributed by atoms with E-state index in [1.807, 2.05) is 48.5 Å². The molecule has 24 heavy (non-hydrogen) atoms. The molecule has 0 saturated heterocycles. The molecule has 0 atom stereocenters. The van der Waals surface area contributed by atoms with Crippen LogP contribution in [-0.2, 0) is 0 Å². The summed E-state index contributed by atoms with van der Waals surface area (Å²) >= 11 is 1.64. The Morgan fingerprint density at radius 2 is 1.75 bits per heavy atom. The number of thiazole rings is 1. The smallest absolute Gasteiger partial charge is 0.133 e. The Bertz CT molecular complexity index is 940. The summed E-state index contributed by atoms with van der Waals surface area (Å²) in [6, 6.07) is 20.1. The van der Waals surface area contributed by atoms with Gasteiger partial charge in [0.1, 0.15) is 16.5 Å². The molecule has 4 aromatic rings. The van der Waals surface area contributed by atoms with E-state index in [1.165, 1.54) is 0 Å². The van der Waals surface area contributed by atoms with Crippen LogP contribution < -0.4 is 4.74 Å². The number of methoxy groups -OCH3 is 1. The molecule has 0 amide bonds. The van der Waals surface area contributed by atoms with Crippen LogP contribution in [0.3, 0.4) is 0 Å². The summed E-state index contributed by atoms with van der Waals surface area (Å²) < 4.78 is 10.7. The summed E-state index contributed by atoms with van der Waals surface area (Å²) in [5, 5.41) is 3.07. The van der Waals surface area contributed by atoms with Crippen LogP contribution in [0.25, 0.3) is 33.2 Å². The van der Waals surface area contributed by atoms with Crippen molar-refractivity contribution in [3.05, 3.63) is 72.3 Å². The van der Waals surface area contributed by atoms with E-state index < -0.39 is 0 Å². The normalized spacial score (nSPS) is 10.7. The molecule has 0 aliphatic heterocycles. The topological polar surface area (TPSA) is 35.3 Å². The fraction of sp³-hybridized carbons (Fsp3) is 0.0500. The van der Waals surface area contributed by atoms with Gasteiger partial charge in [-0.3, -0.25) is 0 Å². The van der Waals surface area contributed by atoms with Gasteiger partial charge in [0.25, 0.3) is 0 Å². The molecule has 0 bridgehead atoms. The van der Waals surface area contributed by atoms with Crippen molar-refractivity contribution in [1.82, 2.24) is 4.98 Å². The summed E-state index contributed by atoms with van der Waals surface area (Å²) in [6.07, 6.45) is 1.69. The number of rotatable bonds is 4. The van der Waals surface area contributed by atoms with Crippen molar-refractivity contribution in [3.8, 4) is 38.9 Å². The fourth-order valence-electron chi connectivity index (χ4n) is 2.55. The first-order valence-electron chi connectivity index (χ1n) is 7.58. The maximum Gasteiger partial charge on any atom is 0.133 e. The Morgan fingerprint density at radius 3 is 2.50 bits per heavy atom. The first kappa shape index (κ1) is 14.7. The van der Waals surface area contributed by atoms with Gasteiger partial charge in [-0.2, -0.15) is 0 Å². The van der Waals surface area contributed by atoms with E-state index in [2.05, 4.69) is 17.5 Å². The first-order chi connectivity index (χ1) is 11.8. The van der Waals surface area contributed by atoms with Crippen LogP contribution >= 0.6 is 11.3 Å². The molecule has 0 spiro atoms. The van der Waals surface area contributed by atoms with Gasteiger partial charge in [-0.05, 0) is 42.5 Å². The van der Waals surface area contributed by atoms with Crippen molar-refractivity contribution in [2.45, 2.75) is 0 Å². The van der Waals surface area contributed by atoms with Crippen molar-refractivity contribution in [1.29, 1.82) is 0 Å². The summed E-state index contributed by atoms with van der Waals surface area (Å²) in [6.45, 7) is 0. The summed E-state index contributed by atoms with van der Waals surface area (Å²) in [5.74, 6) is 1.71. The predicted octanol–water partition coefficient (Wildman–Crippen LogP) is 5.75. The quantitative estimate of drug-likeness (QED) is 0.477. The number of aromatic nitrogens is 1. The van der Waals surface area contributed by atoms with Gasteiger partial charge in [-0.1, -0.05) is 18.2 Å². The van der Waals surface area contributed by atoms with Gasteiger partial charge in [-0.25, -0.2) is 4.98 Å². The predicted molar refractivity (Wildman–Crippen MR) is 97.2 cm³/mol. The second kappa shape index (κ2) is 6.34. The van der Waals surface area contributed by atoms with Gasteiger partial charge in [0.05, 0.1) is 19.1 Å². The van der Waals surface area contributed by atoms with Crippen LogP contribution in [0.15, 0.2) is 76.7 Å². The van der Waals surface area contributed by atoms with E-state index in [4.69, 9.17) is 14.1 Å². The standard InChI is InChI=1S/C20H15NO2S/c1-22-17-9-7-14(8-10-17)18-13-24-20(21-18)16-5-2-4-15(12-16)19-6-3-11-23-19/h2-13H,1H3. The number of nitrogens with zero attached hydrogens (tertiary/aromatic N) is 1. The number of benzene rings is 2. The number of ether oxygens (including phenoxy) is 1. The maximum absolute atomic E-state index is 5.48. The molecule has 2 heterocycles. The van der Waals surface area contributed by atoms with Crippen molar-refractivity contribution < 1.29 is 9.15 Å². The highest BCUT2D eigenvalue weighted by atomic mass is 32.1. The Morgan fingerprint density at radius 1 is 0.917 bits per heavy atom. The number of furan rings is 1. The lowest BCUT2D eigenvalue weighted by Gasteiger charge is -2.01. The molecule has 0 unspecified atom stereocenters. The molecule has 0 fully saturated rings. The summed E-state index contributed by atoms with van der Waals surface area (Å²) in [4.78, 5) is 4.78. The second-order valence-corrected chi connectivity index (χ2v) is 6.18. The average molecular weight is 333 g/mol. The minimum absolute atomic E-state index is 0.848. The highest BCUT2D eigenvalue weighted by Gasteiger charge is 2.09. The highest BCUT2D eigenvalue weighted by molar-refractivity contribution is 7.13. The Balaban J connectivity index is 1.66. The SMILES string of the molecule is COc1ccc(-c2csc(-c3cccc(-c4ccco4)c3)n2)cc1. The molecule has 118 valence electrons. The Kier molecular flexibility index (Phi) is 3.89. The molecule has 4 rings (SSSR count). The molecule has 0 aliphatic rings. The Labute approximate surface area is 144 Å². The van der Waals surface area contributed by atoms with E-state index in [9.17, 15) is 0 Å². The summed E-state index contributed by atoms with van der Waals surface area (Å²) in [7, 11) is 1.67. The molecule has 3 nitrogen and oxygen atoms in total. The maximum atomic E-state index is 5.48. The van der Waals surface area contributed by atoms with Crippen LogP contribution in [-0.4, -0.2) is 12.1 Å². The third kappa shape index (κ3) is 2.84. The molecule has 2 aromatic heterocycles. The second-order valence-electron chi connectivity index (χ2n) is 5.32. The highest BCUT2D eigenvalue weighted by Crippen LogP contribution is 2.32.